The molecule has 0 aliphatic heterocycles. The van der Waals surface area contributed by atoms with Crippen LogP contribution >= 0.6 is 27.3 Å². The van der Waals surface area contributed by atoms with Gasteiger partial charge in [0.05, 0.1) is 4.47 Å². The number of hydrogen-bond donors (Lipinski definition) is 0. The molecule has 102 valence electrons. The van der Waals surface area contributed by atoms with Gasteiger partial charge in [-0.25, -0.2) is 8.78 Å². The zero-order chi connectivity index (χ0) is 13.8. The second-order valence-corrected chi connectivity index (χ2v) is 6.09. The lowest BCUT2D eigenvalue weighted by molar-refractivity contribution is 0.265. The Balaban J connectivity index is 2.16. The Hall–Kier alpha value is -0.780. The Bertz CT molecular complexity index is 543. The highest BCUT2D eigenvalue weighted by atomic mass is 79.9. The first kappa shape index (κ1) is 14.6. The molecule has 0 saturated heterocycles. The monoisotopic (exact) mass is 345 g/mol. The first-order chi connectivity index (χ1) is 9.11. The molecule has 19 heavy (non-hydrogen) atoms. The maximum Gasteiger partial charge on any atom is 0.144 e. The van der Waals surface area contributed by atoms with Crippen molar-refractivity contribution in [3.63, 3.8) is 0 Å². The van der Waals surface area contributed by atoms with Crippen molar-refractivity contribution in [3.05, 3.63) is 56.2 Å². The third-order valence-corrected chi connectivity index (χ3v) is 4.40. The van der Waals surface area contributed by atoms with E-state index in [1.54, 1.807) is 11.3 Å². The van der Waals surface area contributed by atoms with Crippen molar-refractivity contribution in [1.82, 2.24) is 4.90 Å². The van der Waals surface area contributed by atoms with Crippen LogP contribution in [0.3, 0.4) is 0 Å². The van der Waals surface area contributed by atoms with E-state index in [4.69, 9.17) is 0 Å². The fourth-order valence-electron chi connectivity index (χ4n) is 1.84. The second kappa shape index (κ2) is 6.59. The summed E-state index contributed by atoms with van der Waals surface area (Å²) in [5.74, 6) is -1.00. The van der Waals surface area contributed by atoms with Crippen LogP contribution in [0.15, 0.2) is 34.1 Å². The molecule has 1 aromatic heterocycles. The van der Waals surface area contributed by atoms with Crippen molar-refractivity contribution in [2.45, 2.75) is 20.0 Å². The highest BCUT2D eigenvalue weighted by Crippen LogP contribution is 2.23. The fourth-order valence-corrected chi connectivity index (χ4v) is 2.96. The predicted octanol–water partition coefficient (Wildman–Crippen LogP) is 4.81. The van der Waals surface area contributed by atoms with Crippen molar-refractivity contribution < 1.29 is 8.78 Å². The van der Waals surface area contributed by atoms with Crippen LogP contribution in [0, 0.1) is 11.6 Å². The van der Waals surface area contributed by atoms with Gasteiger partial charge in [-0.1, -0.05) is 13.0 Å². The molecule has 0 spiro atoms. The van der Waals surface area contributed by atoms with E-state index >= 15 is 0 Å². The highest BCUT2D eigenvalue weighted by Gasteiger charge is 2.15. The summed E-state index contributed by atoms with van der Waals surface area (Å²) in [5.41, 5.74) is 0.118. The lowest BCUT2D eigenvalue weighted by Gasteiger charge is -2.20. The van der Waals surface area contributed by atoms with Crippen LogP contribution in [0.1, 0.15) is 17.4 Å². The van der Waals surface area contributed by atoms with Crippen molar-refractivity contribution in [3.8, 4) is 0 Å². The van der Waals surface area contributed by atoms with E-state index in [0.29, 0.717) is 11.0 Å². The van der Waals surface area contributed by atoms with Crippen LogP contribution in [-0.2, 0) is 13.1 Å². The summed E-state index contributed by atoms with van der Waals surface area (Å²) in [7, 11) is 0. The van der Waals surface area contributed by atoms with Gasteiger partial charge in [-0.3, -0.25) is 4.90 Å². The molecule has 0 N–H and O–H groups in total. The maximum absolute atomic E-state index is 13.9. The SMILES string of the molecule is CCN(Cc1cccs1)Cc1c(F)ccc(Br)c1F. The lowest BCUT2D eigenvalue weighted by atomic mass is 10.2. The molecule has 0 saturated carbocycles. The zero-order valence-corrected chi connectivity index (χ0v) is 12.9. The Morgan fingerprint density at radius 1 is 1.21 bits per heavy atom. The van der Waals surface area contributed by atoms with Gasteiger partial charge in [-0.05, 0) is 46.1 Å². The summed E-state index contributed by atoms with van der Waals surface area (Å²) in [4.78, 5) is 3.21. The van der Waals surface area contributed by atoms with Crippen LogP contribution in [0.4, 0.5) is 8.78 Å². The van der Waals surface area contributed by atoms with E-state index < -0.39 is 11.6 Å². The molecule has 0 radical (unpaired) electrons. The van der Waals surface area contributed by atoms with Gasteiger partial charge in [0.25, 0.3) is 0 Å². The zero-order valence-electron chi connectivity index (χ0n) is 10.5. The van der Waals surface area contributed by atoms with Gasteiger partial charge in [0.2, 0.25) is 0 Å². The first-order valence-electron chi connectivity index (χ1n) is 5.99. The van der Waals surface area contributed by atoms with Gasteiger partial charge in [0, 0.05) is 23.5 Å². The first-order valence-corrected chi connectivity index (χ1v) is 7.66. The van der Waals surface area contributed by atoms with E-state index in [1.165, 1.54) is 17.0 Å². The normalized spacial score (nSPS) is 11.2. The summed E-state index contributed by atoms with van der Waals surface area (Å²) in [6, 6.07) is 6.69. The van der Waals surface area contributed by atoms with Gasteiger partial charge >= 0.3 is 0 Å². The largest absolute Gasteiger partial charge is 0.294 e. The Labute approximate surface area is 124 Å². The standard InChI is InChI=1S/C14H14BrF2NS/c1-2-18(8-10-4-3-7-19-10)9-11-13(16)6-5-12(15)14(11)17/h3-7H,2,8-9H2,1H3. The maximum atomic E-state index is 13.9. The molecule has 0 aliphatic carbocycles. The van der Waals surface area contributed by atoms with Gasteiger partial charge in [-0.2, -0.15) is 0 Å². The summed E-state index contributed by atoms with van der Waals surface area (Å²) < 4.78 is 27.9. The average molecular weight is 346 g/mol. The van der Waals surface area contributed by atoms with Crippen molar-refractivity contribution >= 4 is 27.3 Å². The molecule has 0 amide bonds. The molecule has 2 aromatic rings. The number of hydrogen-bond acceptors (Lipinski definition) is 2. The molecule has 0 bridgehead atoms. The average Bonchev–Trinajstić information content (AvgIpc) is 2.90. The lowest BCUT2D eigenvalue weighted by Crippen LogP contribution is -2.23. The summed E-state index contributed by atoms with van der Waals surface area (Å²) >= 11 is 4.74. The van der Waals surface area contributed by atoms with E-state index in [0.717, 1.165) is 6.54 Å². The Morgan fingerprint density at radius 3 is 2.63 bits per heavy atom. The molecule has 1 heterocycles. The summed E-state index contributed by atoms with van der Waals surface area (Å²) in [5, 5.41) is 2.00. The topological polar surface area (TPSA) is 3.24 Å². The van der Waals surface area contributed by atoms with E-state index in [2.05, 4.69) is 15.9 Å². The van der Waals surface area contributed by atoms with Crippen LogP contribution < -0.4 is 0 Å². The molecule has 0 fully saturated rings. The molecular formula is C14H14BrF2NS. The summed E-state index contributed by atoms with van der Waals surface area (Å²) in [6.07, 6.45) is 0. The third-order valence-electron chi connectivity index (χ3n) is 2.93. The molecule has 1 nitrogen and oxygen atoms in total. The minimum atomic E-state index is -0.510. The number of rotatable bonds is 5. The number of thiophene rings is 1. The van der Waals surface area contributed by atoms with Crippen molar-refractivity contribution in [2.24, 2.45) is 0 Å². The number of nitrogens with zero attached hydrogens (tertiary/aromatic N) is 1. The number of halogens is 3. The second-order valence-electron chi connectivity index (χ2n) is 4.20. The van der Waals surface area contributed by atoms with Gasteiger partial charge in [0.15, 0.2) is 0 Å². The smallest absolute Gasteiger partial charge is 0.144 e. The quantitative estimate of drug-likeness (QED) is 0.702. The van der Waals surface area contributed by atoms with Crippen molar-refractivity contribution in [2.75, 3.05) is 6.54 Å². The van der Waals surface area contributed by atoms with Crippen LogP contribution in [-0.4, -0.2) is 11.4 Å². The molecule has 5 heteroatoms. The van der Waals surface area contributed by atoms with E-state index in [1.807, 2.05) is 29.3 Å². The minimum absolute atomic E-state index is 0.118. The molecule has 2 rings (SSSR count). The van der Waals surface area contributed by atoms with Crippen LogP contribution in [0.2, 0.25) is 0 Å². The highest BCUT2D eigenvalue weighted by molar-refractivity contribution is 9.10. The molecule has 0 aliphatic rings. The summed E-state index contributed by atoms with van der Waals surface area (Å²) in [6.45, 7) is 3.70. The molecule has 0 atom stereocenters. The van der Waals surface area contributed by atoms with Gasteiger partial charge < -0.3 is 0 Å². The van der Waals surface area contributed by atoms with Crippen LogP contribution in [0.5, 0.6) is 0 Å². The molecular weight excluding hydrogens is 332 g/mol. The minimum Gasteiger partial charge on any atom is -0.294 e. The van der Waals surface area contributed by atoms with Gasteiger partial charge in [-0.15, -0.1) is 11.3 Å². The van der Waals surface area contributed by atoms with Crippen LogP contribution in [0.25, 0.3) is 0 Å². The van der Waals surface area contributed by atoms with E-state index in [-0.39, 0.29) is 12.1 Å². The third kappa shape index (κ3) is 3.61. The predicted molar refractivity (Wildman–Crippen MR) is 78.2 cm³/mol. The van der Waals surface area contributed by atoms with Crippen molar-refractivity contribution in [1.29, 1.82) is 0 Å². The Kier molecular flexibility index (Phi) is 5.07. The fraction of sp³-hybridized carbons (Fsp3) is 0.286. The molecule has 0 unspecified atom stereocenters. The van der Waals surface area contributed by atoms with Gasteiger partial charge in [0.1, 0.15) is 11.6 Å². The van der Waals surface area contributed by atoms with E-state index in [9.17, 15) is 8.78 Å². The number of benzene rings is 1. The Morgan fingerprint density at radius 2 is 2.00 bits per heavy atom. The molecule has 1 aromatic carbocycles.